The summed E-state index contributed by atoms with van der Waals surface area (Å²) in [5.41, 5.74) is 5.73. The molecule has 0 aliphatic heterocycles. The van der Waals surface area contributed by atoms with Crippen LogP contribution >= 0.6 is 0 Å². The fourth-order valence-corrected chi connectivity index (χ4v) is 3.30. The number of rotatable bonds is 8. The van der Waals surface area contributed by atoms with Crippen molar-refractivity contribution in [3.05, 3.63) is 12.2 Å². The summed E-state index contributed by atoms with van der Waals surface area (Å²) in [6, 6.07) is 0.700. The molecule has 1 fully saturated rings. The molecule has 0 amide bonds. The molecule has 0 aromatic carbocycles. The van der Waals surface area contributed by atoms with Crippen LogP contribution in [0.4, 0.5) is 0 Å². The van der Waals surface area contributed by atoms with Crippen molar-refractivity contribution >= 4 is 0 Å². The normalized spacial score (nSPS) is 17.3. The van der Waals surface area contributed by atoms with E-state index in [1.54, 1.807) is 6.33 Å². The molecule has 0 unspecified atom stereocenters. The zero-order chi connectivity index (χ0) is 14.9. The second-order valence-corrected chi connectivity index (χ2v) is 6.16. The minimum Gasteiger partial charge on any atom is -0.330 e. The predicted octanol–water partition coefficient (Wildman–Crippen LogP) is 2.56. The molecule has 21 heavy (non-hydrogen) atoms. The van der Waals surface area contributed by atoms with Gasteiger partial charge >= 0.3 is 0 Å². The average molecular weight is 293 g/mol. The van der Waals surface area contributed by atoms with Gasteiger partial charge in [-0.15, -0.1) is 0 Å². The number of hydrogen-bond donors (Lipinski definition) is 1. The summed E-state index contributed by atoms with van der Waals surface area (Å²) >= 11 is 0. The quantitative estimate of drug-likeness (QED) is 0.748. The molecule has 5 heteroatoms. The molecule has 0 saturated heterocycles. The van der Waals surface area contributed by atoms with E-state index in [0.29, 0.717) is 6.04 Å². The van der Waals surface area contributed by atoms with Crippen molar-refractivity contribution in [1.29, 1.82) is 0 Å². The van der Waals surface area contributed by atoms with Gasteiger partial charge in [-0.3, -0.25) is 4.90 Å². The van der Waals surface area contributed by atoms with E-state index >= 15 is 0 Å². The van der Waals surface area contributed by atoms with Gasteiger partial charge in [-0.1, -0.05) is 32.6 Å². The van der Waals surface area contributed by atoms with Crippen LogP contribution in [0.25, 0.3) is 0 Å². The zero-order valence-corrected chi connectivity index (χ0v) is 13.5. The molecule has 2 N–H and O–H groups in total. The summed E-state index contributed by atoms with van der Waals surface area (Å²) in [4.78, 5) is 7.09. The lowest BCUT2D eigenvalue weighted by atomic mass is 10.1. The first-order chi connectivity index (χ1) is 10.3. The van der Waals surface area contributed by atoms with Crippen LogP contribution < -0.4 is 5.73 Å². The lowest BCUT2D eigenvalue weighted by molar-refractivity contribution is 0.162. The van der Waals surface area contributed by atoms with Crippen LogP contribution in [-0.2, 0) is 13.1 Å². The number of nitrogens with zero attached hydrogens (tertiary/aromatic N) is 4. The first kappa shape index (κ1) is 16.4. The molecule has 1 aromatic rings. The third-order valence-electron chi connectivity index (χ3n) is 4.47. The molecule has 2 rings (SSSR count). The standard InChI is InChI=1S/C16H31N5/c1-2-11-21-16(18-14-19-21)13-20(12-7-10-17)15-8-5-3-4-6-9-15/h14-15H,2-13,17H2,1H3. The van der Waals surface area contributed by atoms with Gasteiger partial charge in [0.2, 0.25) is 0 Å². The maximum atomic E-state index is 5.73. The van der Waals surface area contributed by atoms with Crippen molar-refractivity contribution in [3.63, 3.8) is 0 Å². The van der Waals surface area contributed by atoms with Gasteiger partial charge in [0.1, 0.15) is 12.2 Å². The molecule has 1 aliphatic carbocycles. The number of aromatic nitrogens is 3. The lowest BCUT2D eigenvalue weighted by Gasteiger charge is -2.30. The van der Waals surface area contributed by atoms with Crippen molar-refractivity contribution < 1.29 is 0 Å². The predicted molar refractivity (Wildman–Crippen MR) is 85.9 cm³/mol. The Morgan fingerprint density at radius 3 is 2.71 bits per heavy atom. The average Bonchev–Trinajstić information content (AvgIpc) is 2.76. The molecule has 0 atom stereocenters. The Balaban J connectivity index is 2.01. The summed E-state index contributed by atoms with van der Waals surface area (Å²) in [6.45, 7) is 5.92. The highest BCUT2D eigenvalue weighted by Gasteiger charge is 2.21. The van der Waals surface area contributed by atoms with E-state index in [0.717, 1.165) is 44.8 Å². The smallest absolute Gasteiger partial charge is 0.141 e. The molecule has 0 spiro atoms. The Morgan fingerprint density at radius 2 is 2.05 bits per heavy atom. The fraction of sp³-hybridized carbons (Fsp3) is 0.875. The van der Waals surface area contributed by atoms with Crippen LogP contribution in [0.3, 0.4) is 0 Å². The van der Waals surface area contributed by atoms with E-state index in [1.165, 1.54) is 38.5 Å². The van der Waals surface area contributed by atoms with Gasteiger partial charge in [0.25, 0.3) is 0 Å². The summed E-state index contributed by atoms with van der Waals surface area (Å²) < 4.78 is 2.06. The Hall–Kier alpha value is -0.940. The first-order valence-electron chi connectivity index (χ1n) is 8.66. The first-order valence-corrected chi connectivity index (χ1v) is 8.66. The molecule has 1 aliphatic rings. The van der Waals surface area contributed by atoms with Crippen molar-refractivity contribution in [2.45, 2.75) is 77.4 Å². The molecule has 120 valence electrons. The van der Waals surface area contributed by atoms with Crippen LogP contribution in [0, 0.1) is 0 Å². The summed E-state index contributed by atoms with van der Waals surface area (Å²) in [5, 5.41) is 4.36. The van der Waals surface area contributed by atoms with Gasteiger partial charge in [0.05, 0.1) is 6.54 Å². The molecule has 0 radical (unpaired) electrons. The Labute approximate surface area is 128 Å². The van der Waals surface area contributed by atoms with Gasteiger partial charge < -0.3 is 5.73 Å². The highest BCUT2D eigenvalue weighted by atomic mass is 15.3. The maximum absolute atomic E-state index is 5.73. The highest BCUT2D eigenvalue weighted by molar-refractivity contribution is 4.87. The Kier molecular flexibility index (Phi) is 7.16. The summed E-state index contributed by atoms with van der Waals surface area (Å²) in [6.07, 6.45) is 12.0. The van der Waals surface area contributed by atoms with E-state index < -0.39 is 0 Å². The van der Waals surface area contributed by atoms with Crippen LogP contribution in [0.15, 0.2) is 6.33 Å². The van der Waals surface area contributed by atoms with Gasteiger partial charge in [-0.2, -0.15) is 5.10 Å². The van der Waals surface area contributed by atoms with Crippen molar-refractivity contribution in [3.8, 4) is 0 Å². The second kappa shape index (κ2) is 9.15. The maximum Gasteiger partial charge on any atom is 0.141 e. The van der Waals surface area contributed by atoms with Gasteiger partial charge in [-0.05, 0) is 32.2 Å². The minimum absolute atomic E-state index is 0.700. The summed E-state index contributed by atoms with van der Waals surface area (Å²) in [7, 11) is 0. The van der Waals surface area contributed by atoms with Crippen LogP contribution in [0.5, 0.6) is 0 Å². The third-order valence-corrected chi connectivity index (χ3v) is 4.47. The molecular formula is C16H31N5. The second-order valence-electron chi connectivity index (χ2n) is 6.16. The highest BCUT2D eigenvalue weighted by Crippen LogP contribution is 2.23. The molecule has 5 nitrogen and oxygen atoms in total. The number of aryl methyl sites for hydroxylation is 1. The third kappa shape index (κ3) is 5.08. The van der Waals surface area contributed by atoms with Gasteiger partial charge in [-0.25, -0.2) is 9.67 Å². The Morgan fingerprint density at radius 1 is 1.29 bits per heavy atom. The fourth-order valence-electron chi connectivity index (χ4n) is 3.30. The van der Waals surface area contributed by atoms with E-state index in [1.807, 2.05) is 0 Å². The van der Waals surface area contributed by atoms with E-state index in [9.17, 15) is 0 Å². The molecule has 0 bridgehead atoms. The van der Waals surface area contributed by atoms with Crippen molar-refractivity contribution in [2.24, 2.45) is 5.73 Å². The van der Waals surface area contributed by atoms with Crippen LogP contribution in [0.1, 0.15) is 64.1 Å². The monoisotopic (exact) mass is 293 g/mol. The lowest BCUT2D eigenvalue weighted by Crippen LogP contribution is -2.37. The molecule has 1 aromatic heterocycles. The minimum atomic E-state index is 0.700. The van der Waals surface area contributed by atoms with Crippen LogP contribution in [0.2, 0.25) is 0 Å². The van der Waals surface area contributed by atoms with E-state index in [-0.39, 0.29) is 0 Å². The number of nitrogens with two attached hydrogens (primary N) is 1. The number of hydrogen-bond acceptors (Lipinski definition) is 4. The molecule has 1 heterocycles. The van der Waals surface area contributed by atoms with Gasteiger partial charge in [0.15, 0.2) is 0 Å². The topological polar surface area (TPSA) is 60.0 Å². The SMILES string of the molecule is CCCn1ncnc1CN(CCCN)C1CCCCCC1. The zero-order valence-electron chi connectivity index (χ0n) is 13.5. The van der Waals surface area contributed by atoms with Crippen LogP contribution in [-0.4, -0.2) is 38.8 Å². The van der Waals surface area contributed by atoms with Crippen molar-refractivity contribution in [1.82, 2.24) is 19.7 Å². The largest absolute Gasteiger partial charge is 0.330 e. The molecular weight excluding hydrogens is 262 g/mol. The van der Waals surface area contributed by atoms with Crippen molar-refractivity contribution in [2.75, 3.05) is 13.1 Å². The van der Waals surface area contributed by atoms with Gasteiger partial charge in [0, 0.05) is 19.1 Å². The van der Waals surface area contributed by atoms with E-state index in [4.69, 9.17) is 5.73 Å². The van der Waals surface area contributed by atoms with E-state index in [2.05, 4.69) is 26.6 Å². The molecule has 1 saturated carbocycles. The Bertz CT molecular complexity index is 382. The summed E-state index contributed by atoms with van der Waals surface area (Å²) in [5.74, 6) is 1.11.